The van der Waals surface area contributed by atoms with E-state index in [9.17, 15) is 13.6 Å². The molecule has 0 bridgehead atoms. The predicted octanol–water partition coefficient (Wildman–Crippen LogP) is 3.95. The molecular formula is C16H12ClF2NO. The molecule has 0 radical (unpaired) electrons. The summed E-state index contributed by atoms with van der Waals surface area (Å²) in [5.74, 6) is -1.22. The van der Waals surface area contributed by atoms with Gasteiger partial charge >= 0.3 is 0 Å². The Kier molecular flexibility index (Phi) is 5.06. The van der Waals surface area contributed by atoms with Crippen LogP contribution in [-0.2, 0) is 11.3 Å². The molecule has 0 aromatic heterocycles. The minimum absolute atomic E-state index is 0.163. The van der Waals surface area contributed by atoms with E-state index in [4.69, 9.17) is 11.6 Å². The Morgan fingerprint density at radius 2 is 1.86 bits per heavy atom. The molecule has 0 unspecified atom stereocenters. The number of halogens is 3. The average molecular weight is 308 g/mol. The number of hydrogen-bond acceptors (Lipinski definition) is 1. The SMILES string of the molecule is O=C(/C=C/c1c(F)cccc1Cl)NCc1ccc(F)cc1. The molecule has 0 fully saturated rings. The molecule has 0 saturated carbocycles. The molecule has 21 heavy (non-hydrogen) atoms. The van der Waals surface area contributed by atoms with Crippen LogP contribution in [0, 0.1) is 11.6 Å². The number of benzene rings is 2. The molecule has 0 aliphatic carbocycles. The minimum atomic E-state index is -0.495. The Morgan fingerprint density at radius 3 is 2.52 bits per heavy atom. The van der Waals surface area contributed by atoms with Crippen molar-refractivity contribution < 1.29 is 13.6 Å². The molecule has 2 nitrogen and oxygen atoms in total. The van der Waals surface area contributed by atoms with Crippen LogP contribution in [0.3, 0.4) is 0 Å². The second kappa shape index (κ2) is 6.99. The maximum atomic E-state index is 13.5. The summed E-state index contributed by atoms with van der Waals surface area (Å²) in [6.45, 7) is 0.258. The van der Waals surface area contributed by atoms with Gasteiger partial charge in [0.2, 0.25) is 5.91 Å². The molecule has 0 spiro atoms. The standard InChI is InChI=1S/C16H12ClF2NO/c17-14-2-1-3-15(19)13(14)8-9-16(21)20-10-11-4-6-12(18)7-5-11/h1-9H,10H2,(H,20,21)/b9-8+. The molecule has 5 heteroatoms. The largest absolute Gasteiger partial charge is 0.348 e. The zero-order valence-electron chi connectivity index (χ0n) is 10.9. The van der Waals surface area contributed by atoms with Crippen molar-refractivity contribution in [2.45, 2.75) is 6.54 Å². The molecule has 2 aromatic carbocycles. The Hall–Kier alpha value is -2.20. The fourth-order valence-electron chi connectivity index (χ4n) is 1.68. The first-order valence-corrected chi connectivity index (χ1v) is 6.58. The first-order chi connectivity index (χ1) is 10.1. The van der Waals surface area contributed by atoms with Gasteiger partial charge in [-0.1, -0.05) is 29.8 Å². The molecule has 2 rings (SSSR count). The van der Waals surface area contributed by atoms with E-state index < -0.39 is 11.7 Å². The van der Waals surface area contributed by atoms with Gasteiger partial charge in [0.15, 0.2) is 0 Å². The van der Waals surface area contributed by atoms with Gasteiger partial charge in [0.1, 0.15) is 11.6 Å². The fourth-order valence-corrected chi connectivity index (χ4v) is 1.91. The summed E-state index contributed by atoms with van der Waals surface area (Å²) in [6, 6.07) is 10.1. The summed E-state index contributed by atoms with van der Waals surface area (Å²) in [4.78, 5) is 11.6. The zero-order chi connectivity index (χ0) is 15.2. The molecule has 0 saturated heterocycles. The molecule has 0 atom stereocenters. The number of amides is 1. The van der Waals surface area contributed by atoms with Crippen LogP contribution in [-0.4, -0.2) is 5.91 Å². The van der Waals surface area contributed by atoms with Gasteiger partial charge in [0.05, 0.1) is 5.02 Å². The molecular weight excluding hydrogens is 296 g/mol. The number of carbonyl (C=O) groups is 1. The summed E-state index contributed by atoms with van der Waals surface area (Å²) in [5.41, 5.74) is 0.929. The van der Waals surface area contributed by atoms with E-state index in [-0.39, 0.29) is 22.9 Å². The van der Waals surface area contributed by atoms with Crippen LogP contribution in [0.1, 0.15) is 11.1 Å². The average Bonchev–Trinajstić information content (AvgIpc) is 2.46. The monoisotopic (exact) mass is 307 g/mol. The second-order valence-electron chi connectivity index (χ2n) is 4.31. The lowest BCUT2D eigenvalue weighted by molar-refractivity contribution is -0.116. The van der Waals surface area contributed by atoms with Crippen molar-refractivity contribution >= 4 is 23.6 Å². The molecule has 0 aliphatic heterocycles. The molecule has 1 N–H and O–H groups in total. The molecule has 2 aromatic rings. The van der Waals surface area contributed by atoms with Gasteiger partial charge in [0, 0.05) is 18.2 Å². The lowest BCUT2D eigenvalue weighted by Gasteiger charge is -2.03. The van der Waals surface area contributed by atoms with Crippen LogP contribution in [0.2, 0.25) is 5.02 Å². The third-order valence-electron chi connectivity index (χ3n) is 2.78. The zero-order valence-corrected chi connectivity index (χ0v) is 11.7. The van der Waals surface area contributed by atoms with E-state index >= 15 is 0 Å². The van der Waals surface area contributed by atoms with Crippen molar-refractivity contribution in [1.29, 1.82) is 0 Å². The van der Waals surface area contributed by atoms with E-state index in [1.165, 1.54) is 36.4 Å². The highest BCUT2D eigenvalue weighted by Gasteiger charge is 2.04. The van der Waals surface area contributed by atoms with Crippen LogP contribution in [0.4, 0.5) is 8.78 Å². The number of nitrogens with one attached hydrogen (secondary N) is 1. The normalized spacial score (nSPS) is 10.8. The summed E-state index contributed by atoms with van der Waals surface area (Å²) in [5, 5.41) is 2.85. The molecule has 108 valence electrons. The van der Waals surface area contributed by atoms with Crippen LogP contribution >= 0.6 is 11.6 Å². The first kappa shape index (κ1) is 15.2. The van der Waals surface area contributed by atoms with Gasteiger partial charge in [-0.3, -0.25) is 4.79 Å². The van der Waals surface area contributed by atoms with Crippen LogP contribution in [0.25, 0.3) is 6.08 Å². The Balaban J connectivity index is 1.95. The Labute approximate surface area is 126 Å². The van der Waals surface area contributed by atoms with Gasteiger partial charge in [-0.2, -0.15) is 0 Å². The van der Waals surface area contributed by atoms with Gasteiger partial charge in [-0.25, -0.2) is 8.78 Å². The fraction of sp³-hybridized carbons (Fsp3) is 0.0625. The summed E-state index contributed by atoms with van der Waals surface area (Å²) >= 11 is 5.84. The minimum Gasteiger partial charge on any atom is -0.348 e. The number of carbonyl (C=O) groups excluding carboxylic acids is 1. The van der Waals surface area contributed by atoms with Crippen molar-refractivity contribution in [2.24, 2.45) is 0 Å². The highest BCUT2D eigenvalue weighted by atomic mass is 35.5. The summed E-state index contributed by atoms with van der Waals surface area (Å²) < 4.78 is 26.2. The van der Waals surface area contributed by atoms with E-state index in [1.807, 2.05) is 0 Å². The van der Waals surface area contributed by atoms with Gasteiger partial charge in [-0.05, 0) is 35.9 Å². The maximum absolute atomic E-state index is 13.5. The Morgan fingerprint density at radius 1 is 1.14 bits per heavy atom. The van der Waals surface area contributed by atoms with Gasteiger partial charge < -0.3 is 5.32 Å². The lowest BCUT2D eigenvalue weighted by atomic mass is 10.2. The lowest BCUT2D eigenvalue weighted by Crippen LogP contribution is -2.20. The predicted molar refractivity (Wildman–Crippen MR) is 78.7 cm³/mol. The molecule has 0 heterocycles. The highest BCUT2D eigenvalue weighted by Crippen LogP contribution is 2.20. The first-order valence-electron chi connectivity index (χ1n) is 6.20. The van der Waals surface area contributed by atoms with Gasteiger partial charge in [-0.15, -0.1) is 0 Å². The number of rotatable bonds is 4. The quantitative estimate of drug-likeness (QED) is 0.852. The Bertz CT molecular complexity index is 648. The van der Waals surface area contributed by atoms with Gasteiger partial charge in [0.25, 0.3) is 0 Å². The van der Waals surface area contributed by atoms with E-state index in [2.05, 4.69) is 5.32 Å². The van der Waals surface area contributed by atoms with Crippen molar-refractivity contribution in [3.8, 4) is 0 Å². The van der Waals surface area contributed by atoms with E-state index in [0.717, 1.165) is 5.56 Å². The summed E-state index contributed by atoms with van der Waals surface area (Å²) in [7, 11) is 0. The maximum Gasteiger partial charge on any atom is 0.244 e. The van der Waals surface area contributed by atoms with Crippen LogP contribution in [0.15, 0.2) is 48.5 Å². The van der Waals surface area contributed by atoms with Crippen LogP contribution in [0.5, 0.6) is 0 Å². The molecule has 0 aliphatic rings. The highest BCUT2D eigenvalue weighted by molar-refractivity contribution is 6.32. The smallest absolute Gasteiger partial charge is 0.244 e. The number of hydrogen-bond donors (Lipinski definition) is 1. The third kappa shape index (κ3) is 4.39. The summed E-state index contributed by atoms with van der Waals surface area (Å²) in [6.07, 6.45) is 2.52. The topological polar surface area (TPSA) is 29.1 Å². The van der Waals surface area contributed by atoms with Crippen molar-refractivity contribution in [3.63, 3.8) is 0 Å². The third-order valence-corrected chi connectivity index (χ3v) is 3.11. The van der Waals surface area contributed by atoms with Crippen molar-refractivity contribution in [2.75, 3.05) is 0 Å². The van der Waals surface area contributed by atoms with Crippen molar-refractivity contribution in [3.05, 3.63) is 76.3 Å². The second-order valence-corrected chi connectivity index (χ2v) is 4.72. The van der Waals surface area contributed by atoms with Crippen molar-refractivity contribution in [1.82, 2.24) is 5.32 Å². The van der Waals surface area contributed by atoms with E-state index in [0.29, 0.717) is 0 Å². The van der Waals surface area contributed by atoms with E-state index in [1.54, 1.807) is 18.2 Å². The molecule has 1 amide bonds. The van der Waals surface area contributed by atoms with Crippen LogP contribution < -0.4 is 5.32 Å².